The van der Waals surface area contributed by atoms with Crippen LogP contribution in [0, 0.1) is 0 Å². The first-order valence-corrected chi connectivity index (χ1v) is 7.05. The average Bonchev–Trinajstić information content (AvgIpc) is 1.79. The summed E-state index contributed by atoms with van der Waals surface area (Å²) in [6.45, 7) is 3.57. The largest absolute Gasteiger partial charge is 0.453 e. The molecule has 0 fully saturated rings. The summed E-state index contributed by atoms with van der Waals surface area (Å²) in [5, 5.41) is 0. The van der Waals surface area contributed by atoms with Gasteiger partial charge < -0.3 is 4.43 Å². The van der Waals surface area contributed by atoms with E-state index in [9.17, 15) is 26.3 Å². The zero-order valence-corrected chi connectivity index (χ0v) is 8.75. The second-order valence-electron chi connectivity index (χ2n) is 3.66. The van der Waals surface area contributed by atoms with E-state index in [1.54, 1.807) is 0 Å². The Morgan fingerprint density at radius 1 is 1.00 bits per heavy atom. The molecule has 0 aromatic heterocycles. The maximum Gasteiger partial charge on any atom is 0.453 e. The maximum absolute atomic E-state index is 12.9. The van der Waals surface area contributed by atoms with Gasteiger partial charge in [-0.25, -0.2) is 8.78 Å². The van der Waals surface area contributed by atoms with Crippen LogP contribution >= 0.6 is 0 Å². The number of hydrogen-bond donors (Lipinski definition) is 0. The predicted molar refractivity (Wildman–Crippen MR) is 40.3 cm³/mol. The Morgan fingerprint density at radius 3 is 1.43 bits per heavy atom. The minimum Gasteiger partial charge on any atom is -0.376 e. The lowest BCUT2D eigenvalue weighted by atomic mass is 10.3. The van der Waals surface area contributed by atoms with Crippen LogP contribution in [0.25, 0.3) is 0 Å². The van der Waals surface area contributed by atoms with E-state index in [0.717, 1.165) is 0 Å². The molecule has 0 aliphatic carbocycles. The van der Waals surface area contributed by atoms with Gasteiger partial charge in [0.05, 0.1) is 0 Å². The van der Waals surface area contributed by atoms with Crippen molar-refractivity contribution in [3.8, 4) is 0 Å². The average molecular weight is 240 g/mol. The summed E-state index contributed by atoms with van der Waals surface area (Å²) in [5.41, 5.74) is 0. The van der Waals surface area contributed by atoms with Crippen LogP contribution in [0.3, 0.4) is 0 Å². The molecule has 0 amide bonds. The fraction of sp³-hybridized carbons (Fsp3) is 1.00. The van der Waals surface area contributed by atoms with Gasteiger partial charge in [0.2, 0.25) is 0 Å². The number of rotatable bonds is 3. The van der Waals surface area contributed by atoms with Gasteiger partial charge in [-0.1, -0.05) is 0 Å². The van der Waals surface area contributed by atoms with E-state index in [1.165, 1.54) is 19.6 Å². The molecule has 8 heteroatoms. The third-order valence-electron chi connectivity index (χ3n) is 1.12. The Morgan fingerprint density at radius 2 is 1.36 bits per heavy atom. The van der Waals surface area contributed by atoms with Gasteiger partial charge in [0.15, 0.2) is 8.32 Å². The molecule has 0 spiro atoms. The summed E-state index contributed by atoms with van der Waals surface area (Å²) in [4.78, 5) is 0. The Kier molecular flexibility index (Phi) is 3.66. The van der Waals surface area contributed by atoms with Crippen molar-refractivity contribution in [3.05, 3.63) is 0 Å². The van der Waals surface area contributed by atoms with Crippen molar-refractivity contribution in [1.82, 2.24) is 0 Å². The quantitative estimate of drug-likeness (QED) is 0.543. The molecule has 0 aromatic rings. The van der Waals surface area contributed by atoms with Gasteiger partial charge in [0.1, 0.15) is 0 Å². The number of alkyl halides is 6. The van der Waals surface area contributed by atoms with Crippen LogP contribution in [0.2, 0.25) is 19.6 Å². The van der Waals surface area contributed by atoms with Gasteiger partial charge in [-0.3, -0.25) is 0 Å². The molecule has 0 N–H and O–H groups in total. The highest BCUT2D eigenvalue weighted by Gasteiger charge is 2.65. The summed E-state index contributed by atoms with van der Waals surface area (Å²) in [7, 11) is -3.04. The molecular formula is C6H10F6OSi. The monoisotopic (exact) mass is 240 g/mol. The van der Waals surface area contributed by atoms with Crippen molar-refractivity contribution in [1.29, 1.82) is 0 Å². The van der Waals surface area contributed by atoms with Gasteiger partial charge in [0, 0.05) is 0 Å². The zero-order valence-electron chi connectivity index (χ0n) is 7.75. The molecule has 0 saturated heterocycles. The Hall–Kier alpha value is -0.243. The summed E-state index contributed by atoms with van der Waals surface area (Å²) < 4.78 is 76.3. The third kappa shape index (κ3) is 3.16. The number of hydrogen-bond acceptors (Lipinski definition) is 1. The van der Waals surface area contributed by atoms with Crippen molar-refractivity contribution < 1.29 is 30.8 Å². The van der Waals surface area contributed by atoms with Crippen molar-refractivity contribution in [2.45, 2.75) is 38.1 Å². The molecule has 0 aliphatic rings. The highest BCUT2D eigenvalue weighted by Crippen LogP contribution is 2.41. The lowest BCUT2D eigenvalue weighted by Crippen LogP contribution is -2.54. The topological polar surface area (TPSA) is 9.23 Å². The van der Waals surface area contributed by atoms with Crippen molar-refractivity contribution in [3.63, 3.8) is 0 Å². The van der Waals surface area contributed by atoms with Gasteiger partial charge in [-0.15, -0.1) is 0 Å². The van der Waals surface area contributed by atoms with E-state index in [2.05, 4.69) is 4.43 Å². The normalized spacial score (nSPS) is 18.4. The van der Waals surface area contributed by atoms with Crippen LogP contribution in [0.15, 0.2) is 0 Å². The fourth-order valence-corrected chi connectivity index (χ4v) is 1.77. The predicted octanol–water partition coefficient (Wildman–Crippen LogP) is 3.33. The molecule has 1 nitrogen and oxygen atoms in total. The number of halogens is 6. The third-order valence-corrected chi connectivity index (χ3v) is 2.03. The molecule has 0 aromatic carbocycles. The molecule has 1 atom stereocenters. The second kappa shape index (κ2) is 3.73. The Balaban J connectivity index is 4.94. The first-order valence-electron chi connectivity index (χ1n) is 3.64. The van der Waals surface area contributed by atoms with Gasteiger partial charge in [-0.2, -0.15) is 17.6 Å². The first kappa shape index (κ1) is 13.8. The molecule has 0 heterocycles. The van der Waals surface area contributed by atoms with E-state index < -0.39 is 26.8 Å². The van der Waals surface area contributed by atoms with Crippen LogP contribution in [0.4, 0.5) is 26.3 Å². The Bertz CT molecular complexity index is 197. The summed E-state index contributed by atoms with van der Waals surface area (Å²) in [6, 6.07) is 0. The van der Waals surface area contributed by atoms with Crippen LogP contribution in [0.1, 0.15) is 0 Å². The first-order chi connectivity index (χ1) is 5.90. The Labute approximate surface area is 78.2 Å². The summed E-state index contributed by atoms with van der Waals surface area (Å²) in [5.74, 6) is -4.85. The molecule has 14 heavy (non-hydrogen) atoms. The van der Waals surface area contributed by atoms with Crippen molar-refractivity contribution >= 4 is 8.32 Å². The zero-order chi connectivity index (χ0) is 11.8. The molecule has 0 rings (SSSR count). The molecule has 0 saturated carbocycles. The van der Waals surface area contributed by atoms with Crippen molar-refractivity contribution in [2.24, 2.45) is 0 Å². The molecule has 0 radical (unpaired) electrons. The lowest BCUT2D eigenvalue weighted by Gasteiger charge is -2.32. The van der Waals surface area contributed by atoms with Crippen molar-refractivity contribution in [2.75, 3.05) is 0 Å². The smallest absolute Gasteiger partial charge is 0.376 e. The van der Waals surface area contributed by atoms with Gasteiger partial charge in [0.25, 0.3) is 0 Å². The second-order valence-corrected chi connectivity index (χ2v) is 8.09. The van der Waals surface area contributed by atoms with Crippen LogP contribution in [0.5, 0.6) is 0 Å². The van der Waals surface area contributed by atoms with Crippen LogP contribution < -0.4 is 0 Å². The summed E-state index contributed by atoms with van der Waals surface area (Å²) >= 11 is 0. The summed E-state index contributed by atoms with van der Waals surface area (Å²) in [6.07, 6.45) is -9.96. The molecule has 0 aliphatic heterocycles. The highest BCUT2D eigenvalue weighted by molar-refractivity contribution is 6.69. The molecular weight excluding hydrogens is 230 g/mol. The van der Waals surface area contributed by atoms with Gasteiger partial charge >= 0.3 is 18.5 Å². The molecule has 0 bridgehead atoms. The van der Waals surface area contributed by atoms with Gasteiger partial charge in [-0.05, 0) is 19.6 Å². The van der Waals surface area contributed by atoms with E-state index in [1.807, 2.05) is 0 Å². The van der Waals surface area contributed by atoms with Crippen LogP contribution in [-0.4, -0.2) is 26.8 Å². The lowest BCUT2D eigenvalue weighted by molar-refractivity contribution is -0.344. The molecule has 86 valence electrons. The molecule has 1 unspecified atom stereocenters. The fourth-order valence-electron chi connectivity index (χ4n) is 0.672. The standard InChI is InChI=1S/C6H10F6OSi/c1-14(2,3)13-5(9,4(7)8)6(10,11)12/h4H,1-3H3. The van der Waals surface area contributed by atoms with Crippen LogP contribution in [-0.2, 0) is 4.43 Å². The van der Waals surface area contributed by atoms with E-state index >= 15 is 0 Å². The van der Waals surface area contributed by atoms with E-state index in [0.29, 0.717) is 0 Å². The van der Waals surface area contributed by atoms with E-state index in [-0.39, 0.29) is 0 Å². The minimum absolute atomic E-state index is 1.19. The SMILES string of the molecule is C[Si](C)(C)OC(F)(C(F)F)C(F)(F)F. The minimum atomic E-state index is -5.72. The van der Waals surface area contributed by atoms with E-state index in [4.69, 9.17) is 0 Å². The maximum atomic E-state index is 12.9. The highest BCUT2D eigenvalue weighted by atomic mass is 28.4.